The third-order valence-electron chi connectivity index (χ3n) is 3.86. The van der Waals surface area contributed by atoms with Gasteiger partial charge in [0.25, 0.3) is 0 Å². The first-order valence-corrected chi connectivity index (χ1v) is 7.84. The number of nitrogens with one attached hydrogen (secondary N) is 1. The summed E-state index contributed by atoms with van der Waals surface area (Å²) < 4.78 is 6.76. The van der Waals surface area contributed by atoms with Crippen LogP contribution in [0.5, 0.6) is 0 Å². The molecule has 0 aliphatic carbocycles. The maximum Gasteiger partial charge on any atom is 0.0576 e. The third kappa shape index (κ3) is 4.28. The first kappa shape index (κ1) is 15.0. The molecule has 0 saturated carbocycles. The number of hydrazine groups is 1. The number of ether oxygens (including phenoxy) is 1. The van der Waals surface area contributed by atoms with Gasteiger partial charge < -0.3 is 4.74 Å². The molecule has 0 radical (unpaired) electrons. The van der Waals surface area contributed by atoms with Crippen molar-refractivity contribution in [3.63, 3.8) is 0 Å². The molecule has 1 saturated heterocycles. The molecule has 19 heavy (non-hydrogen) atoms. The van der Waals surface area contributed by atoms with E-state index in [4.69, 9.17) is 10.6 Å². The molecule has 1 heterocycles. The van der Waals surface area contributed by atoms with Crippen molar-refractivity contribution < 1.29 is 4.74 Å². The van der Waals surface area contributed by atoms with Crippen LogP contribution in [0.2, 0.25) is 0 Å². The molecule has 1 fully saturated rings. The largest absolute Gasteiger partial charge is 0.378 e. The molecule has 3 nitrogen and oxygen atoms in total. The van der Waals surface area contributed by atoms with Crippen LogP contribution >= 0.6 is 15.9 Å². The smallest absolute Gasteiger partial charge is 0.0576 e. The Balaban J connectivity index is 1.89. The van der Waals surface area contributed by atoms with E-state index in [0.717, 1.165) is 30.3 Å². The third-order valence-corrected chi connectivity index (χ3v) is 4.35. The van der Waals surface area contributed by atoms with Crippen molar-refractivity contribution in [3.8, 4) is 0 Å². The van der Waals surface area contributed by atoms with Crippen molar-refractivity contribution in [2.45, 2.75) is 51.2 Å². The van der Waals surface area contributed by atoms with Gasteiger partial charge in [-0.2, -0.15) is 0 Å². The normalized spacial score (nSPS) is 20.7. The average molecular weight is 327 g/mol. The summed E-state index contributed by atoms with van der Waals surface area (Å²) in [6, 6.07) is 6.58. The molecular formula is C15H23BrN2O. The number of halogens is 1. The van der Waals surface area contributed by atoms with Crippen molar-refractivity contribution in [2.75, 3.05) is 6.61 Å². The van der Waals surface area contributed by atoms with Crippen LogP contribution in [0.4, 0.5) is 0 Å². The van der Waals surface area contributed by atoms with E-state index in [-0.39, 0.29) is 6.04 Å². The molecule has 0 bridgehead atoms. The summed E-state index contributed by atoms with van der Waals surface area (Å²) >= 11 is 3.53. The summed E-state index contributed by atoms with van der Waals surface area (Å²) in [5.74, 6) is 5.72. The van der Waals surface area contributed by atoms with Gasteiger partial charge in [0.05, 0.1) is 6.10 Å². The number of benzene rings is 1. The molecule has 0 spiro atoms. The highest BCUT2D eigenvalue weighted by molar-refractivity contribution is 9.10. The fourth-order valence-electron chi connectivity index (χ4n) is 2.74. The van der Waals surface area contributed by atoms with Crippen LogP contribution in [0.1, 0.15) is 49.3 Å². The van der Waals surface area contributed by atoms with E-state index in [2.05, 4.69) is 46.5 Å². The minimum absolute atomic E-state index is 0.221. The lowest BCUT2D eigenvalue weighted by molar-refractivity contribution is 0.101. The van der Waals surface area contributed by atoms with E-state index in [1.54, 1.807) is 0 Å². The number of aryl methyl sites for hydroxylation is 1. The van der Waals surface area contributed by atoms with E-state index in [1.807, 2.05) is 0 Å². The van der Waals surface area contributed by atoms with Crippen LogP contribution in [0.3, 0.4) is 0 Å². The van der Waals surface area contributed by atoms with Gasteiger partial charge in [-0.1, -0.05) is 22.0 Å². The Bertz CT molecular complexity index is 405. The van der Waals surface area contributed by atoms with E-state index in [9.17, 15) is 0 Å². The molecule has 1 aliphatic heterocycles. The maximum atomic E-state index is 5.72. The zero-order valence-corrected chi connectivity index (χ0v) is 13.1. The van der Waals surface area contributed by atoms with Gasteiger partial charge in [-0.05, 0) is 62.3 Å². The van der Waals surface area contributed by atoms with E-state index < -0.39 is 0 Å². The molecule has 106 valence electrons. The van der Waals surface area contributed by atoms with Crippen molar-refractivity contribution in [3.05, 3.63) is 33.8 Å². The van der Waals surface area contributed by atoms with E-state index in [1.165, 1.54) is 24.0 Å². The number of rotatable bonds is 6. The van der Waals surface area contributed by atoms with Gasteiger partial charge in [-0.15, -0.1) is 0 Å². The van der Waals surface area contributed by atoms with Crippen LogP contribution in [0.15, 0.2) is 22.7 Å². The molecular weight excluding hydrogens is 304 g/mol. The number of hydrogen-bond donors (Lipinski definition) is 2. The Hall–Kier alpha value is -0.420. The van der Waals surface area contributed by atoms with Gasteiger partial charge >= 0.3 is 0 Å². The monoisotopic (exact) mass is 326 g/mol. The summed E-state index contributed by atoms with van der Waals surface area (Å²) in [7, 11) is 0. The number of hydrogen-bond acceptors (Lipinski definition) is 3. The van der Waals surface area contributed by atoms with Crippen molar-refractivity contribution >= 4 is 15.9 Å². The highest BCUT2D eigenvalue weighted by Crippen LogP contribution is 2.27. The minimum Gasteiger partial charge on any atom is -0.378 e. The van der Waals surface area contributed by atoms with E-state index in [0.29, 0.717) is 6.10 Å². The fraction of sp³-hybridized carbons (Fsp3) is 0.600. The SMILES string of the molecule is Cc1ccc(Br)cc1C(CCCC1CCCO1)NN. The second-order valence-electron chi connectivity index (χ2n) is 5.29. The lowest BCUT2D eigenvalue weighted by atomic mass is 9.96. The Morgan fingerprint density at radius 2 is 2.37 bits per heavy atom. The summed E-state index contributed by atoms with van der Waals surface area (Å²) in [5.41, 5.74) is 5.51. The van der Waals surface area contributed by atoms with Gasteiger partial charge in [0.2, 0.25) is 0 Å². The molecule has 4 heteroatoms. The average Bonchev–Trinajstić information content (AvgIpc) is 2.91. The highest BCUT2D eigenvalue weighted by Gasteiger charge is 2.17. The Labute approximate surface area is 124 Å². The summed E-state index contributed by atoms with van der Waals surface area (Å²) in [5, 5.41) is 0. The Morgan fingerprint density at radius 3 is 3.05 bits per heavy atom. The fourth-order valence-corrected chi connectivity index (χ4v) is 3.12. The molecule has 1 aromatic rings. The van der Waals surface area contributed by atoms with Gasteiger partial charge in [-0.25, -0.2) is 0 Å². The van der Waals surface area contributed by atoms with Crippen LogP contribution < -0.4 is 11.3 Å². The highest BCUT2D eigenvalue weighted by atomic mass is 79.9. The van der Waals surface area contributed by atoms with E-state index >= 15 is 0 Å². The molecule has 3 N–H and O–H groups in total. The van der Waals surface area contributed by atoms with Crippen molar-refractivity contribution in [2.24, 2.45) is 5.84 Å². The standard InChI is InChI=1S/C15H23BrN2O/c1-11-7-8-12(16)10-14(11)15(18-17)6-2-4-13-5-3-9-19-13/h7-8,10,13,15,18H,2-6,9,17H2,1H3. The molecule has 1 aliphatic rings. The molecule has 0 aromatic heterocycles. The Morgan fingerprint density at radius 1 is 1.53 bits per heavy atom. The first-order chi connectivity index (χ1) is 9.20. The van der Waals surface area contributed by atoms with Crippen molar-refractivity contribution in [1.82, 2.24) is 5.43 Å². The Kier molecular flexibility index (Phi) is 5.82. The lowest BCUT2D eigenvalue weighted by Gasteiger charge is -2.19. The number of nitrogens with two attached hydrogens (primary N) is 1. The second-order valence-corrected chi connectivity index (χ2v) is 6.20. The van der Waals surface area contributed by atoms with Gasteiger partial charge in [-0.3, -0.25) is 11.3 Å². The van der Waals surface area contributed by atoms with Gasteiger partial charge in [0.15, 0.2) is 0 Å². The molecule has 0 amide bonds. The predicted octanol–water partition coefficient (Wildman–Crippen LogP) is 3.61. The van der Waals surface area contributed by atoms with Crippen LogP contribution in [0, 0.1) is 6.92 Å². The molecule has 2 unspecified atom stereocenters. The molecule has 1 aromatic carbocycles. The van der Waals surface area contributed by atoms with Crippen molar-refractivity contribution in [1.29, 1.82) is 0 Å². The first-order valence-electron chi connectivity index (χ1n) is 7.04. The quantitative estimate of drug-likeness (QED) is 0.620. The topological polar surface area (TPSA) is 47.3 Å². The second kappa shape index (κ2) is 7.39. The predicted molar refractivity (Wildman–Crippen MR) is 81.8 cm³/mol. The van der Waals surface area contributed by atoms with Crippen LogP contribution in [0.25, 0.3) is 0 Å². The summed E-state index contributed by atoms with van der Waals surface area (Å²) in [4.78, 5) is 0. The minimum atomic E-state index is 0.221. The molecule has 2 rings (SSSR count). The summed E-state index contributed by atoms with van der Waals surface area (Å²) in [6.07, 6.45) is 6.25. The zero-order chi connectivity index (χ0) is 13.7. The summed E-state index contributed by atoms with van der Waals surface area (Å²) in [6.45, 7) is 3.07. The lowest BCUT2D eigenvalue weighted by Crippen LogP contribution is -2.28. The maximum absolute atomic E-state index is 5.72. The van der Waals surface area contributed by atoms with Gasteiger partial charge in [0, 0.05) is 17.1 Å². The molecule has 2 atom stereocenters. The van der Waals surface area contributed by atoms with Crippen LogP contribution in [-0.4, -0.2) is 12.7 Å². The van der Waals surface area contributed by atoms with Crippen LogP contribution in [-0.2, 0) is 4.74 Å². The van der Waals surface area contributed by atoms with Gasteiger partial charge in [0.1, 0.15) is 0 Å². The zero-order valence-electron chi connectivity index (χ0n) is 11.5.